The van der Waals surface area contributed by atoms with E-state index in [1.54, 1.807) is 0 Å². The maximum Gasteiger partial charge on any atom is 0.208 e. The van der Waals surface area contributed by atoms with E-state index >= 15 is 0 Å². The summed E-state index contributed by atoms with van der Waals surface area (Å²) >= 11 is 0. The fourth-order valence-corrected chi connectivity index (χ4v) is 1.73. The smallest absolute Gasteiger partial charge is 0.208 e. The zero-order valence-corrected chi connectivity index (χ0v) is 12.2. The monoisotopic (exact) mass is 242 g/mol. The topological polar surface area (TPSA) is 53.6 Å². The summed E-state index contributed by atoms with van der Waals surface area (Å²) in [5, 5.41) is 0. The Balaban J connectivity index is 4.52. The van der Waals surface area contributed by atoms with Gasteiger partial charge < -0.3 is 4.90 Å². The molecular weight excluding hydrogens is 212 g/mol. The van der Waals surface area contributed by atoms with E-state index < -0.39 is 0 Å². The van der Waals surface area contributed by atoms with Gasteiger partial charge in [0.25, 0.3) is 0 Å². The Bertz CT molecular complexity index is 209. The van der Waals surface area contributed by atoms with Crippen LogP contribution in [0.5, 0.6) is 0 Å². The summed E-state index contributed by atoms with van der Waals surface area (Å²) in [6.45, 7) is 13.7. The Kier molecular flexibility index (Phi) is 8.86. The van der Waals surface area contributed by atoms with Gasteiger partial charge >= 0.3 is 0 Å². The molecule has 0 radical (unpaired) electrons. The Morgan fingerprint density at radius 3 is 2.18 bits per heavy atom. The van der Waals surface area contributed by atoms with Crippen molar-refractivity contribution in [2.45, 2.75) is 47.5 Å². The SMILES string of the molecule is CCC(CC)CN(CC)C(=NCC(C)C)NN. The average Bonchev–Trinajstić information content (AvgIpc) is 2.33. The highest BCUT2D eigenvalue weighted by Gasteiger charge is 2.13. The molecule has 0 bridgehead atoms. The lowest BCUT2D eigenvalue weighted by Crippen LogP contribution is -2.46. The zero-order valence-electron chi connectivity index (χ0n) is 12.2. The van der Waals surface area contributed by atoms with Gasteiger partial charge in [0.15, 0.2) is 0 Å². The molecule has 0 saturated heterocycles. The van der Waals surface area contributed by atoms with E-state index in [1.165, 1.54) is 12.8 Å². The van der Waals surface area contributed by atoms with Crippen LogP contribution >= 0.6 is 0 Å². The first-order valence-electron chi connectivity index (χ1n) is 6.84. The molecule has 0 aliphatic heterocycles. The molecule has 0 amide bonds. The molecular formula is C13H30N4. The third-order valence-electron chi connectivity index (χ3n) is 3.05. The van der Waals surface area contributed by atoms with Gasteiger partial charge in [0.05, 0.1) is 0 Å². The van der Waals surface area contributed by atoms with Gasteiger partial charge in [0.1, 0.15) is 0 Å². The van der Waals surface area contributed by atoms with E-state index in [0.29, 0.717) is 11.8 Å². The van der Waals surface area contributed by atoms with E-state index in [9.17, 15) is 0 Å². The molecule has 0 unspecified atom stereocenters. The number of hydrogen-bond donors (Lipinski definition) is 2. The van der Waals surface area contributed by atoms with E-state index in [0.717, 1.165) is 25.6 Å². The standard InChI is InChI=1S/C13H30N4/c1-6-12(7-2)10-17(8-3)13(16-14)15-9-11(4)5/h11-12H,6-10,14H2,1-5H3,(H,15,16). The first kappa shape index (κ1) is 16.2. The third-order valence-corrected chi connectivity index (χ3v) is 3.05. The van der Waals surface area contributed by atoms with Crippen LogP contribution in [0.1, 0.15) is 47.5 Å². The fourth-order valence-electron chi connectivity index (χ4n) is 1.73. The molecule has 17 heavy (non-hydrogen) atoms. The second-order valence-electron chi connectivity index (χ2n) is 4.92. The van der Waals surface area contributed by atoms with Crippen molar-refractivity contribution in [2.75, 3.05) is 19.6 Å². The highest BCUT2D eigenvalue weighted by atomic mass is 15.4. The Morgan fingerprint density at radius 2 is 1.82 bits per heavy atom. The molecule has 0 aromatic rings. The third kappa shape index (κ3) is 6.51. The summed E-state index contributed by atoms with van der Waals surface area (Å²) in [4.78, 5) is 6.78. The van der Waals surface area contributed by atoms with Crippen LogP contribution in [-0.2, 0) is 0 Å². The average molecular weight is 242 g/mol. The van der Waals surface area contributed by atoms with Crippen molar-refractivity contribution in [2.24, 2.45) is 22.7 Å². The number of rotatable bonds is 7. The molecule has 0 saturated carbocycles. The molecule has 4 heteroatoms. The Hall–Kier alpha value is -0.770. The molecule has 0 aliphatic carbocycles. The molecule has 0 spiro atoms. The molecule has 102 valence electrons. The molecule has 0 atom stereocenters. The van der Waals surface area contributed by atoms with Crippen LogP contribution in [0.3, 0.4) is 0 Å². The van der Waals surface area contributed by atoms with Crippen LogP contribution in [0.25, 0.3) is 0 Å². The van der Waals surface area contributed by atoms with Crippen molar-refractivity contribution >= 4 is 5.96 Å². The van der Waals surface area contributed by atoms with E-state index in [4.69, 9.17) is 5.84 Å². The number of nitrogens with two attached hydrogens (primary N) is 1. The largest absolute Gasteiger partial charge is 0.342 e. The van der Waals surface area contributed by atoms with Crippen LogP contribution in [0.4, 0.5) is 0 Å². The Labute approximate surface area is 107 Å². The molecule has 0 aromatic carbocycles. The Morgan fingerprint density at radius 1 is 1.24 bits per heavy atom. The predicted octanol–water partition coefficient (Wildman–Crippen LogP) is 2.22. The fraction of sp³-hybridized carbons (Fsp3) is 0.923. The minimum Gasteiger partial charge on any atom is -0.342 e. The van der Waals surface area contributed by atoms with Crippen molar-refractivity contribution in [1.29, 1.82) is 0 Å². The summed E-state index contributed by atoms with van der Waals surface area (Å²) in [5.41, 5.74) is 2.74. The number of guanidine groups is 1. The summed E-state index contributed by atoms with van der Waals surface area (Å²) in [6, 6.07) is 0. The van der Waals surface area contributed by atoms with Gasteiger partial charge in [-0.2, -0.15) is 0 Å². The number of hydrogen-bond acceptors (Lipinski definition) is 2. The molecule has 0 rings (SSSR count). The first-order valence-corrected chi connectivity index (χ1v) is 6.84. The highest BCUT2D eigenvalue weighted by molar-refractivity contribution is 5.79. The van der Waals surface area contributed by atoms with E-state index in [1.807, 2.05) is 0 Å². The molecule has 0 aromatic heterocycles. The maximum atomic E-state index is 5.57. The number of nitrogens with zero attached hydrogens (tertiary/aromatic N) is 2. The lowest BCUT2D eigenvalue weighted by atomic mass is 10.0. The van der Waals surface area contributed by atoms with E-state index in [-0.39, 0.29) is 0 Å². The van der Waals surface area contributed by atoms with E-state index in [2.05, 4.69) is 49.9 Å². The number of hydrazine groups is 1. The predicted molar refractivity (Wildman–Crippen MR) is 75.8 cm³/mol. The van der Waals surface area contributed by atoms with Crippen LogP contribution in [-0.4, -0.2) is 30.5 Å². The van der Waals surface area contributed by atoms with Gasteiger partial charge in [0.2, 0.25) is 5.96 Å². The highest BCUT2D eigenvalue weighted by Crippen LogP contribution is 2.10. The van der Waals surface area contributed by atoms with Gasteiger partial charge in [-0.15, -0.1) is 0 Å². The zero-order chi connectivity index (χ0) is 13.3. The van der Waals surface area contributed by atoms with Gasteiger partial charge in [-0.3, -0.25) is 10.4 Å². The summed E-state index contributed by atoms with van der Waals surface area (Å²) < 4.78 is 0. The van der Waals surface area contributed by atoms with Crippen LogP contribution in [0, 0.1) is 11.8 Å². The lowest BCUT2D eigenvalue weighted by molar-refractivity contribution is 0.325. The normalized spacial score (nSPS) is 12.4. The summed E-state index contributed by atoms with van der Waals surface area (Å²) in [6.07, 6.45) is 2.41. The van der Waals surface area contributed by atoms with Gasteiger partial charge in [-0.1, -0.05) is 40.5 Å². The van der Waals surface area contributed by atoms with Crippen molar-refractivity contribution < 1.29 is 0 Å². The van der Waals surface area contributed by atoms with Crippen LogP contribution in [0.15, 0.2) is 4.99 Å². The minimum absolute atomic E-state index is 0.560. The molecule has 0 heterocycles. The second kappa shape index (κ2) is 9.28. The maximum absolute atomic E-state index is 5.57. The van der Waals surface area contributed by atoms with Crippen molar-refractivity contribution in [3.05, 3.63) is 0 Å². The molecule has 0 aliphatic rings. The molecule has 0 fully saturated rings. The van der Waals surface area contributed by atoms with Gasteiger partial charge in [-0.25, -0.2) is 5.84 Å². The first-order chi connectivity index (χ1) is 8.08. The lowest BCUT2D eigenvalue weighted by Gasteiger charge is -2.28. The summed E-state index contributed by atoms with van der Waals surface area (Å²) in [5.74, 6) is 7.67. The number of aliphatic imine (C=N–C) groups is 1. The number of nitrogens with one attached hydrogen (secondary N) is 1. The molecule has 4 nitrogen and oxygen atoms in total. The van der Waals surface area contributed by atoms with Crippen LogP contribution in [0.2, 0.25) is 0 Å². The quantitative estimate of drug-likeness (QED) is 0.311. The van der Waals surface area contributed by atoms with Crippen molar-refractivity contribution in [3.63, 3.8) is 0 Å². The van der Waals surface area contributed by atoms with Crippen molar-refractivity contribution in [1.82, 2.24) is 10.3 Å². The van der Waals surface area contributed by atoms with Crippen molar-refractivity contribution in [3.8, 4) is 0 Å². The van der Waals surface area contributed by atoms with Gasteiger partial charge in [0, 0.05) is 19.6 Å². The minimum atomic E-state index is 0.560. The van der Waals surface area contributed by atoms with Crippen LogP contribution < -0.4 is 11.3 Å². The molecule has 3 N–H and O–H groups in total. The second-order valence-corrected chi connectivity index (χ2v) is 4.92. The van der Waals surface area contributed by atoms with Gasteiger partial charge in [-0.05, 0) is 18.8 Å². The summed E-state index contributed by atoms with van der Waals surface area (Å²) in [7, 11) is 0.